The van der Waals surface area contributed by atoms with Gasteiger partial charge in [-0.2, -0.15) is 0 Å². The Morgan fingerprint density at radius 1 is 1.15 bits per heavy atom. The standard InChI is InChI=1S/C18H36N2/c1-4-6-16-7-5-11-18(14-19,12-10-16)20(13-15(2)3)17-8-9-17/h15-17H,4-14,19H2,1-3H3. The van der Waals surface area contributed by atoms with Crippen LogP contribution in [0, 0.1) is 11.8 Å². The van der Waals surface area contributed by atoms with E-state index in [1.54, 1.807) is 0 Å². The smallest absolute Gasteiger partial charge is 0.0334 e. The van der Waals surface area contributed by atoms with E-state index in [1.165, 1.54) is 64.3 Å². The van der Waals surface area contributed by atoms with E-state index in [4.69, 9.17) is 5.73 Å². The maximum atomic E-state index is 6.33. The van der Waals surface area contributed by atoms with Gasteiger partial charge in [-0.25, -0.2) is 0 Å². The molecule has 2 heteroatoms. The molecule has 0 aliphatic heterocycles. The van der Waals surface area contributed by atoms with Crippen LogP contribution in [0.4, 0.5) is 0 Å². The summed E-state index contributed by atoms with van der Waals surface area (Å²) in [5, 5.41) is 0. The fraction of sp³-hybridized carbons (Fsp3) is 1.00. The molecule has 0 bridgehead atoms. The second kappa shape index (κ2) is 7.26. The predicted molar refractivity (Wildman–Crippen MR) is 87.8 cm³/mol. The Bertz CT molecular complexity index is 285. The molecule has 2 nitrogen and oxygen atoms in total. The summed E-state index contributed by atoms with van der Waals surface area (Å²) in [5.74, 6) is 1.72. The van der Waals surface area contributed by atoms with E-state index in [-0.39, 0.29) is 0 Å². The molecule has 0 aromatic heterocycles. The molecule has 2 unspecified atom stereocenters. The lowest BCUT2D eigenvalue weighted by Crippen LogP contribution is -2.55. The fourth-order valence-electron chi connectivity index (χ4n) is 4.28. The van der Waals surface area contributed by atoms with Gasteiger partial charge in [-0.3, -0.25) is 4.90 Å². The number of hydrogen-bond donors (Lipinski definition) is 1. The van der Waals surface area contributed by atoms with E-state index in [9.17, 15) is 0 Å². The average Bonchev–Trinajstić information content (AvgIpc) is 3.24. The zero-order valence-corrected chi connectivity index (χ0v) is 14.0. The van der Waals surface area contributed by atoms with Gasteiger partial charge in [0.05, 0.1) is 0 Å². The average molecular weight is 281 g/mol. The number of rotatable bonds is 7. The highest BCUT2D eigenvalue weighted by atomic mass is 15.3. The molecule has 0 saturated heterocycles. The molecule has 2 saturated carbocycles. The third-order valence-corrected chi connectivity index (χ3v) is 5.51. The third kappa shape index (κ3) is 3.98. The number of nitrogens with two attached hydrogens (primary N) is 1. The lowest BCUT2D eigenvalue weighted by molar-refractivity contribution is 0.0564. The molecule has 118 valence electrons. The van der Waals surface area contributed by atoms with Gasteiger partial charge in [-0.1, -0.05) is 46.5 Å². The summed E-state index contributed by atoms with van der Waals surface area (Å²) in [6.45, 7) is 9.16. The van der Waals surface area contributed by atoms with Gasteiger partial charge in [0.1, 0.15) is 0 Å². The SMILES string of the molecule is CCCC1CCCC(CN)(N(CC(C)C)C2CC2)CC1. The van der Waals surface area contributed by atoms with Crippen molar-refractivity contribution in [2.45, 2.75) is 90.1 Å². The Kier molecular flexibility index (Phi) is 5.92. The van der Waals surface area contributed by atoms with Crippen LogP contribution in [0.25, 0.3) is 0 Å². The van der Waals surface area contributed by atoms with Crippen LogP contribution in [-0.2, 0) is 0 Å². The van der Waals surface area contributed by atoms with Gasteiger partial charge >= 0.3 is 0 Å². The molecule has 0 spiro atoms. The summed E-state index contributed by atoms with van der Waals surface area (Å²) in [4.78, 5) is 2.84. The second-order valence-corrected chi connectivity index (χ2v) is 7.79. The molecule has 0 aromatic rings. The second-order valence-electron chi connectivity index (χ2n) is 7.79. The van der Waals surface area contributed by atoms with Crippen LogP contribution in [0.2, 0.25) is 0 Å². The van der Waals surface area contributed by atoms with Gasteiger partial charge in [-0.05, 0) is 43.9 Å². The van der Waals surface area contributed by atoms with E-state index < -0.39 is 0 Å². The molecule has 0 heterocycles. The summed E-state index contributed by atoms with van der Waals surface area (Å²) in [7, 11) is 0. The Balaban J connectivity index is 2.06. The van der Waals surface area contributed by atoms with Gasteiger partial charge in [0, 0.05) is 24.7 Å². The van der Waals surface area contributed by atoms with Crippen molar-refractivity contribution >= 4 is 0 Å². The van der Waals surface area contributed by atoms with E-state index in [2.05, 4.69) is 25.7 Å². The Morgan fingerprint density at radius 3 is 2.45 bits per heavy atom. The normalized spacial score (nSPS) is 31.8. The molecular weight excluding hydrogens is 244 g/mol. The van der Waals surface area contributed by atoms with Crippen molar-refractivity contribution < 1.29 is 0 Å². The molecule has 2 fully saturated rings. The number of hydrogen-bond acceptors (Lipinski definition) is 2. The summed E-state index contributed by atoms with van der Waals surface area (Å²) >= 11 is 0. The van der Waals surface area contributed by atoms with Crippen LogP contribution in [0.3, 0.4) is 0 Å². The first-order valence-electron chi connectivity index (χ1n) is 9.08. The molecule has 2 atom stereocenters. The Hall–Kier alpha value is -0.0800. The Morgan fingerprint density at radius 2 is 1.90 bits per heavy atom. The van der Waals surface area contributed by atoms with Gasteiger partial charge < -0.3 is 5.73 Å². The van der Waals surface area contributed by atoms with E-state index in [0.29, 0.717) is 5.54 Å². The summed E-state index contributed by atoms with van der Waals surface area (Å²) in [6.07, 6.45) is 12.5. The van der Waals surface area contributed by atoms with Gasteiger partial charge in [0.25, 0.3) is 0 Å². The molecule has 0 aromatic carbocycles. The highest BCUT2D eigenvalue weighted by molar-refractivity contribution is 5.00. The largest absolute Gasteiger partial charge is 0.329 e. The minimum atomic E-state index is 0.327. The summed E-state index contributed by atoms with van der Waals surface area (Å²) in [5.41, 5.74) is 6.65. The fourth-order valence-corrected chi connectivity index (χ4v) is 4.28. The first kappa shape index (κ1) is 16.3. The molecule has 0 amide bonds. The van der Waals surface area contributed by atoms with Crippen molar-refractivity contribution in [3.8, 4) is 0 Å². The Labute approximate surface area is 126 Å². The zero-order valence-electron chi connectivity index (χ0n) is 14.0. The first-order valence-corrected chi connectivity index (χ1v) is 9.08. The van der Waals surface area contributed by atoms with Crippen molar-refractivity contribution in [2.24, 2.45) is 17.6 Å². The summed E-state index contributed by atoms with van der Waals surface area (Å²) < 4.78 is 0. The maximum absolute atomic E-state index is 6.33. The lowest BCUT2D eigenvalue weighted by Gasteiger charge is -2.44. The molecule has 2 aliphatic rings. The van der Waals surface area contributed by atoms with E-state index in [1.807, 2.05) is 0 Å². The maximum Gasteiger partial charge on any atom is 0.0334 e. The molecule has 2 aliphatic carbocycles. The van der Waals surface area contributed by atoms with Crippen LogP contribution in [-0.4, -0.2) is 29.6 Å². The molecular formula is C18H36N2. The minimum absolute atomic E-state index is 0.327. The molecule has 0 radical (unpaired) electrons. The van der Waals surface area contributed by atoms with Gasteiger partial charge in [0.2, 0.25) is 0 Å². The van der Waals surface area contributed by atoms with Crippen molar-refractivity contribution in [1.82, 2.24) is 4.90 Å². The van der Waals surface area contributed by atoms with Crippen LogP contribution in [0.5, 0.6) is 0 Å². The lowest BCUT2D eigenvalue weighted by atomic mass is 9.86. The topological polar surface area (TPSA) is 29.3 Å². The van der Waals surface area contributed by atoms with Gasteiger partial charge in [-0.15, -0.1) is 0 Å². The van der Waals surface area contributed by atoms with Crippen LogP contribution in [0.15, 0.2) is 0 Å². The highest BCUT2D eigenvalue weighted by Gasteiger charge is 2.44. The van der Waals surface area contributed by atoms with E-state index in [0.717, 1.165) is 24.4 Å². The third-order valence-electron chi connectivity index (χ3n) is 5.51. The first-order chi connectivity index (χ1) is 9.61. The highest BCUT2D eigenvalue weighted by Crippen LogP contribution is 2.41. The van der Waals surface area contributed by atoms with Crippen molar-refractivity contribution in [2.75, 3.05) is 13.1 Å². The van der Waals surface area contributed by atoms with Crippen molar-refractivity contribution in [3.05, 3.63) is 0 Å². The van der Waals surface area contributed by atoms with Crippen molar-refractivity contribution in [3.63, 3.8) is 0 Å². The number of nitrogens with zero attached hydrogens (tertiary/aromatic N) is 1. The minimum Gasteiger partial charge on any atom is -0.329 e. The van der Waals surface area contributed by atoms with Crippen molar-refractivity contribution in [1.29, 1.82) is 0 Å². The van der Waals surface area contributed by atoms with Gasteiger partial charge in [0.15, 0.2) is 0 Å². The van der Waals surface area contributed by atoms with Crippen LogP contribution >= 0.6 is 0 Å². The molecule has 2 rings (SSSR count). The monoisotopic (exact) mass is 280 g/mol. The van der Waals surface area contributed by atoms with E-state index >= 15 is 0 Å². The predicted octanol–water partition coefficient (Wildman–Crippen LogP) is 4.18. The quantitative estimate of drug-likeness (QED) is 0.709. The van der Waals surface area contributed by atoms with Crippen LogP contribution in [0.1, 0.15) is 78.6 Å². The molecule has 2 N–H and O–H groups in total. The molecule has 20 heavy (non-hydrogen) atoms. The van der Waals surface area contributed by atoms with Crippen LogP contribution < -0.4 is 5.73 Å². The summed E-state index contributed by atoms with van der Waals surface area (Å²) in [6, 6.07) is 0.851. The zero-order chi connectivity index (χ0) is 14.6.